The Balaban J connectivity index is 1.37. The Hall–Kier alpha value is -3.90. The first-order valence-corrected chi connectivity index (χ1v) is 10.5. The van der Waals surface area contributed by atoms with Crippen molar-refractivity contribution in [1.82, 2.24) is 10.6 Å². The number of rotatable bonds is 8. The van der Waals surface area contributed by atoms with Gasteiger partial charge in [0.05, 0.1) is 30.6 Å². The number of carbonyl (C=O) groups excluding carboxylic acids is 2. The van der Waals surface area contributed by atoms with Crippen molar-refractivity contribution >= 4 is 28.3 Å². The minimum Gasteiger partial charge on any atom is -0.467 e. The van der Waals surface area contributed by atoms with E-state index in [4.69, 9.17) is 4.42 Å². The Bertz CT molecular complexity index is 1210. The molecule has 6 heteroatoms. The molecule has 0 aliphatic carbocycles. The number of benzene rings is 3. The van der Waals surface area contributed by atoms with Crippen molar-refractivity contribution in [2.24, 2.45) is 0 Å². The molecule has 0 saturated heterocycles. The average Bonchev–Trinajstić information content (AvgIpc) is 3.35. The molecule has 1 atom stereocenters. The van der Waals surface area contributed by atoms with Crippen molar-refractivity contribution in [2.45, 2.75) is 19.5 Å². The van der Waals surface area contributed by atoms with Crippen LogP contribution in [0.25, 0.3) is 10.8 Å². The van der Waals surface area contributed by atoms with Gasteiger partial charge in [0.15, 0.2) is 0 Å². The van der Waals surface area contributed by atoms with E-state index in [2.05, 4.69) is 40.2 Å². The van der Waals surface area contributed by atoms with Crippen LogP contribution in [0.2, 0.25) is 0 Å². The maximum atomic E-state index is 12.6. The number of amides is 2. The van der Waals surface area contributed by atoms with Gasteiger partial charge in [0.1, 0.15) is 5.76 Å². The normalized spacial score (nSPS) is 11.8. The summed E-state index contributed by atoms with van der Waals surface area (Å²) in [6.07, 6.45) is 1.56. The number of hydrogen-bond donors (Lipinski definition) is 3. The van der Waals surface area contributed by atoms with Crippen LogP contribution in [0.15, 0.2) is 89.5 Å². The Labute approximate surface area is 186 Å². The summed E-state index contributed by atoms with van der Waals surface area (Å²) in [5, 5.41) is 11.3. The van der Waals surface area contributed by atoms with Gasteiger partial charge in [-0.25, -0.2) is 0 Å². The zero-order valence-corrected chi connectivity index (χ0v) is 17.8. The third-order valence-corrected chi connectivity index (χ3v) is 5.31. The molecule has 162 valence electrons. The molecule has 0 aliphatic rings. The standard InChI is InChI=1S/C26H25N3O3/c1-18(21-13-6-9-19-8-2-3-11-22(19)21)27-17-25(30)29-24-14-5-4-12-23(24)26(31)28-16-20-10-7-15-32-20/h2-15,18,27H,16-17H2,1H3,(H,28,31)(H,29,30). The lowest BCUT2D eigenvalue weighted by Gasteiger charge is -2.17. The van der Waals surface area contributed by atoms with Gasteiger partial charge in [0.25, 0.3) is 5.91 Å². The Morgan fingerprint density at radius 2 is 1.69 bits per heavy atom. The average molecular weight is 428 g/mol. The molecule has 32 heavy (non-hydrogen) atoms. The van der Waals surface area contributed by atoms with E-state index in [1.807, 2.05) is 25.1 Å². The Kier molecular flexibility index (Phi) is 6.63. The molecule has 0 fully saturated rings. The number of carbonyl (C=O) groups is 2. The van der Waals surface area contributed by atoms with E-state index < -0.39 is 0 Å². The lowest BCUT2D eigenvalue weighted by atomic mass is 10.00. The van der Waals surface area contributed by atoms with Crippen LogP contribution in [0.4, 0.5) is 5.69 Å². The number of furan rings is 1. The van der Waals surface area contributed by atoms with Gasteiger partial charge in [0, 0.05) is 6.04 Å². The predicted octanol–water partition coefficient (Wildman–Crippen LogP) is 4.65. The topological polar surface area (TPSA) is 83.4 Å². The molecule has 0 spiro atoms. The lowest BCUT2D eigenvalue weighted by Crippen LogP contribution is -2.31. The monoisotopic (exact) mass is 427 g/mol. The second-order valence-electron chi connectivity index (χ2n) is 7.53. The number of fused-ring (bicyclic) bond motifs is 1. The molecule has 6 nitrogen and oxygen atoms in total. The first kappa shape index (κ1) is 21.3. The highest BCUT2D eigenvalue weighted by Crippen LogP contribution is 2.24. The molecule has 0 saturated carbocycles. The van der Waals surface area contributed by atoms with Crippen molar-refractivity contribution in [1.29, 1.82) is 0 Å². The van der Waals surface area contributed by atoms with Crippen LogP contribution < -0.4 is 16.0 Å². The van der Waals surface area contributed by atoms with Crippen molar-refractivity contribution < 1.29 is 14.0 Å². The third-order valence-electron chi connectivity index (χ3n) is 5.31. The van der Waals surface area contributed by atoms with E-state index in [0.29, 0.717) is 17.0 Å². The fraction of sp³-hybridized carbons (Fsp3) is 0.154. The van der Waals surface area contributed by atoms with E-state index >= 15 is 0 Å². The van der Waals surface area contributed by atoms with E-state index in [0.717, 1.165) is 16.3 Å². The molecule has 0 bridgehead atoms. The van der Waals surface area contributed by atoms with E-state index in [1.54, 1.807) is 42.7 Å². The van der Waals surface area contributed by atoms with Gasteiger partial charge in [-0.3, -0.25) is 9.59 Å². The van der Waals surface area contributed by atoms with Crippen LogP contribution in [0.1, 0.15) is 34.6 Å². The predicted molar refractivity (Wildman–Crippen MR) is 125 cm³/mol. The molecule has 4 aromatic rings. The summed E-state index contributed by atoms with van der Waals surface area (Å²) >= 11 is 0. The smallest absolute Gasteiger partial charge is 0.253 e. The number of hydrogen-bond acceptors (Lipinski definition) is 4. The Morgan fingerprint density at radius 3 is 2.53 bits per heavy atom. The van der Waals surface area contributed by atoms with Crippen LogP contribution in [-0.4, -0.2) is 18.4 Å². The highest BCUT2D eigenvalue weighted by molar-refractivity contribution is 6.04. The number of anilines is 1. The van der Waals surface area contributed by atoms with Crippen molar-refractivity contribution in [3.05, 3.63) is 102 Å². The fourth-order valence-electron chi connectivity index (χ4n) is 3.64. The molecule has 1 aromatic heterocycles. The minimum absolute atomic E-state index is 0.0151. The van der Waals surface area contributed by atoms with Gasteiger partial charge in [-0.05, 0) is 47.5 Å². The summed E-state index contributed by atoms with van der Waals surface area (Å²) < 4.78 is 5.24. The summed E-state index contributed by atoms with van der Waals surface area (Å²) in [5.74, 6) is 0.157. The zero-order chi connectivity index (χ0) is 22.3. The minimum atomic E-state index is -0.283. The van der Waals surface area contributed by atoms with E-state index in [-0.39, 0.29) is 30.9 Å². The van der Waals surface area contributed by atoms with Crippen molar-refractivity contribution in [2.75, 3.05) is 11.9 Å². The molecule has 3 N–H and O–H groups in total. The van der Waals surface area contributed by atoms with Crippen molar-refractivity contribution in [3.63, 3.8) is 0 Å². The molecule has 0 aliphatic heterocycles. The first-order chi connectivity index (χ1) is 15.6. The highest BCUT2D eigenvalue weighted by Gasteiger charge is 2.15. The van der Waals surface area contributed by atoms with Gasteiger partial charge >= 0.3 is 0 Å². The summed E-state index contributed by atoms with van der Waals surface area (Å²) in [6.45, 7) is 2.43. The SMILES string of the molecule is CC(NCC(=O)Nc1ccccc1C(=O)NCc1ccco1)c1cccc2ccccc12. The number of para-hydroxylation sites is 1. The molecule has 3 aromatic carbocycles. The molecule has 1 heterocycles. The van der Waals surface area contributed by atoms with Gasteiger partial charge in [-0.15, -0.1) is 0 Å². The maximum absolute atomic E-state index is 12.6. The molecule has 1 unspecified atom stereocenters. The number of nitrogens with one attached hydrogen (secondary N) is 3. The second kappa shape index (κ2) is 9.94. The van der Waals surface area contributed by atoms with Crippen LogP contribution >= 0.6 is 0 Å². The quantitative estimate of drug-likeness (QED) is 0.382. The highest BCUT2D eigenvalue weighted by atomic mass is 16.3. The van der Waals surface area contributed by atoms with Crippen LogP contribution in [0.3, 0.4) is 0 Å². The molecule has 4 rings (SSSR count). The first-order valence-electron chi connectivity index (χ1n) is 10.5. The zero-order valence-electron chi connectivity index (χ0n) is 17.8. The van der Waals surface area contributed by atoms with Gasteiger partial charge in [0.2, 0.25) is 5.91 Å². The van der Waals surface area contributed by atoms with Crippen LogP contribution in [0.5, 0.6) is 0 Å². The second-order valence-corrected chi connectivity index (χ2v) is 7.53. The van der Waals surface area contributed by atoms with Gasteiger partial charge in [-0.1, -0.05) is 54.6 Å². The van der Waals surface area contributed by atoms with E-state index in [1.165, 1.54) is 0 Å². The van der Waals surface area contributed by atoms with Gasteiger partial charge < -0.3 is 20.4 Å². The summed E-state index contributed by atoms with van der Waals surface area (Å²) in [6, 6.07) is 24.8. The largest absolute Gasteiger partial charge is 0.467 e. The third kappa shape index (κ3) is 5.04. The summed E-state index contributed by atoms with van der Waals surface area (Å²) in [4.78, 5) is 25.2. The Morgan fingerprint density at radius 1 is 0.906 bits per heavy atom. The molecule has 2 amide bonds. The fourth-order valence-corrected chi connectivity index (χ4v) is 3.64. The molecular formula is C26H25N3O3. The lowest BCUT2D eigenvalue weighted by molar-refractivity contribution is -0.115. The molecule has 0 radical (unpaired) electrons. The van der Waals surface area contributed by atoms with Crippen LogP contribution in [0, 0.1) is 0 Å². The van der Waals surface area contributed by atoms with E-state index in [9.17, 15) is 9.59 Å². The van der Waals surface area contributed by atoms with Gasteiger partial charge in [-0.2, -0.15) is 0 Å². The molecular weight excluding hydrogens is 402 g/mol. The maximum Gasteiger partial charge on any atom is 0.253 e. The summed E-state index contributed by atoms with van der Waals surface area (Å²) in [7, 11) is 0. The van der Waals surface area contributed by atoms with Crippen LogP contribution in [-0.2, 0) is 11.3 Å². The summed E-state index contributed by atoms with van der Waals surface area (Å²) in [5.41, 5.74) is 2.00. The van der Waals surface area contributed by atoms with Crippen molar-refractivity contribution in [3.8, 4) is 0 Å².